The Morgan fingerprint density at radius 1 is 0.355 bits per heavy atom. The zero-order valence-corrected chi connectivity index (χ0v) is 78.5. The Labute approximate surface area is 726 Å². The molecule has 12 rings (SSSR count). The SMILES string of the molecule is CC.CC.CC.CC.CC.CC.CC.CNC(=O)c1ccc(CN2CCC3(CC2)C2CC4CC(C2)CC3C4)c(F)c1.[CH2-]CC1(C[CH2-])CCCN(Cc2ccc(C(=O)NC)cc2F)C1.[CH2-]CC1(C[CH2-])CCN(Cc2ccc(C(=O)NC)cc2F)C1.[CH2-]CC1(C[CH2-])CN(Cc2ccc(C(=O)NC)cc2F)C1.[Y].[Y].[Y]. The van der Waals surface area contributed by atoms with Crippen molar-refractivity contribution < 1.29 is 135 Å². The Hall–Kier alpha value is -2.37. The van der Waals surface area contributed by atoms with Gasteiger partial charge in [-0.1, -0.05) is 144 Å². The van der Waals surface area contributed by atoms with Crippen molar-refractivity contribution in [2.75, 3.05) is 80.5 Å². The fourth-order valence-corrected chi connectivity index (χ4v) is 16.0. The number of halogens is 4. The van der Waals surface area contributed by atoms with E-state index in [9.17, 15) is 36.7 Å². The van der Waals surface area contributed by atoms with Gasteiger partial charge in [0.25, 0.3) is 23.6 Å². The van der Waals surface area contributed by atoms with Crippen LogP contribution < -0.4 is 21.3 Å². The van der Waals surface area contributed by atoms with Crippen LogP contribution in [0.4, 0.5) is 17.6 Å². The number of carbonyl (C=O) groups excluding carboxylic acids is 4. The van der Waals surface area contributed by atoms with E-state index in [4.69, 9.17) is 0 Å². The third-order valence-electron chi connectivity index (χ3n) is 21.9. The topological polar surface area (TPSA) is 129 Å². The van der Waals surface area contributed by atoms with Crippen LogP contribution in [0.1, 0.15) is 263 Å². The summed E-state index contributed by atoms with van der Waals surface area (Å²) < 4.78 is 56.8. The van der Waals surface area contributed by atoms with Crippen LogP contribution in [0.15, 0.2) is 72.8 Å². The van der Waals surface area contributed by atoms with Gasteiger partial charge in [-0.2, -0.15) is 38.5 Å². The number of nitrogens with zero attached hydrogens (tertiary/aromatic N) is 4. The number of nitrogens with one attached hydrogen (secondary N) is 4. The van der Waals surface area contributed by atoms with E-state index in [1.54, 1.807) is 62.6 Å². The van der Waals surface area contributed by atoms with E-state index in [2.05, 4.69) is 82.4 Å². The maximum Gasteiger partial charge on any atom is 0.251 e. The van der Waals surface area contributed by atoms with Crippen molar-refractivity contribution in [3.63, 3.8) is 0 Å². The van der Waals surface area contributed by atoms with Crippen LogP contribution in [0.3, 0.4) is 0 Å². The average Bonchev–Trinajstić information content (AvgIpc) is 1.03. The molecule has 19 heteroatoms. The van der Waals surface area contributed by atoms with Gasteiger partial charge < -0.3 is 62.8 Å². The molecule has 8 fully saturated rings. The van der Waals surface area contributed by atoms with E-state index in [1.807, 2.05) is 96.9 Å². The van der Waals surface area contributed by atoms with E-state index >= 15 is 0 Å². The number of hydrogen-bond acceptors (Lipinski definition) is 8. The van der Waals surface area contributed by atoms with Crippen LogP contribution in [0, 0.1) is 110 Å². The standard InChI is InChI=1S/C23H31FN2O.C18H25FN2O.C17H23FN2O.C16H21FN2O.7C2H6.3Y/c1-25-22(27)17-2-3-18(21(24)13-17)14-26-6-4-23(5-7-26)19-9-15-8-16(11-19)12-20(23)10-15;1-4-18(5-2)9-6-10-21(13-18)12-15-8-7-14(11-16(15)19)17(22)20-3;1-4-17(5-2)8-9-20(12-17)11-14-7-6-13(10-15(14)18)16(21)19-3;1-4-16(5-2)10-19(11-16)9-13-7-6-12(8-14(13)17)15(20)18-3;7*1-2;;;/h2-3,13,15-16,19-20H,4-12,14H2,1H3,(H,25,27);7-8,11H,1-2,4-6,9-10,12-13H2,3H3,(H,20,22);6-7,10H,1-2,4-5,8-9,11-12H2,3H3,(H,19,21);6-8H,1-2,4-5,9-11H2,3H3,(H,18,20);7*1-2H3;;;/q;3*-2;;;;;;;;;;. The monoisotopic (exact) mass is 1720 g/mol. The van der Waals surface area contributed by atoms with Crippen molar-refractivity contribution in [2.45, 2.75) is 226 Å². The predicted molar refractivity (Wildman–Crippen MR) is 429 cm³/mol. The molecule has 0 aromatic heterocycles. The quantitative estimate of drug-likeness (QED) is 0.0573. The largest absolute Gasteiger partial charge is 0.355 e. The van der Waals surface area contributed by atoms with Crippen LogP contribution in [0.2, 0.25) is 0 Å². The number of piperidine rings is 2. The molecular formula is C88H142F4N8O4Y3-6. The fraction of sp³-hybridized carbons (Fsp3) is 0.614. The Morgan fingerprint density at radius 3 is 0.879 bits per heavy atom. The van der Waals surface area contributed by atoms with E-state index < -0.39 is 0 Å². The first kappa shape index (κ1) is 109. The normalized spacial score (nSPS) is 19.6. The first-order valence-corrected chi connectivity index (χ1v) is 39.8. The molecule has 4 saturated heterocycles. The molecule has 12 nitrogen and oxygen atoms in total. The smallest absolute Gasteiger partial charge is 0.251 e. The second-order valence-corrected chi connectivity index (χ2v) is 27.3. The Morgan fingerprint density at radius 2 is 0.607 bits per heavy atom. The third-order valence-corrected chi connectivity index (χ3v) is 21.9. The van der Waals surface area contributed by atoms with E-state index in [0.29, 0.717) is 76.1 Å². The zero-order chi connectivity index (χ0) is 79.0. The molecule has 0 unspecified atom stereocenters. The number of likely N-dealkylation sites (tertiary alicyclic amines) is 4. The van der Waals surface area contributed by atoms with E-state index in [-0.39, 0.29) is 161 Å². The molecule has 4 amide bonds. The molecule has 4 N–H and O–H groups in total. The first-order valence-electron chi connectivity index (χ1n) is 39.8. The summed E-state index contributed by atoms with van der Waals surface area (Å²) in [4.78, 5) is 55.2. The van der Waals surface area contributed by atoms with Gasteiger partial charge in [-0.05, 0) is 175 Å². The van der Waals surface area contributed by atoms with E-state index in [0.717, 1.165) is 134 Å². The summed E-state index contributed by atoms with van der Waals surface area (Å²) in [5, 5.41) is 10.0. The molecule has 4 bridgehead atoms. The van der Waals surface area contributed by atoms with Crippen molar-refractivity contribution in [3.8, 4) is 0 Å². The van der Waals surface area contributed by atoms with Crippen LogP contribution in [-0.4, -0.2) is 124 Å². The molecule has 4 saturated carbocycles. The predicted octanol–water partition coefficient (Wildman–Crippen LogP) is 19.9. The molecule has 4 aromatic rings. The average molecular weight is 1720 g/mol. The van der Waals surface area contributed by atoms with Gasteiger partial charge in [0.05, 0.1) is 0 Å². The molecule has 8 aliphatic rings. The van der Waals surface area contributed by atoms with Gasteiger partial charge in [0.15, 0.2) is 0 Å². The second kappa shape index (κ2) is 57.6. The van der Waals surface area contributed by atoms with Gasteiger partial charge in [-0.25, -0.2) is 17.6 Å². The summed E-state index contributed by atoms with van der Waals surface area (Å²) in [5.41, 5.74) is 5.20. The summed E-state index contributed by atoms with van der Waals surface area (Å²) in [7, 11) is 6.18. The summed E-state index contributed by atoms with van der Waals surface area (Å²) >= 11 is 0. The Bertz CT molecular complexity index is 3060. The third kappa shape index (κ3) is 31.4. The minimum atomic E-state index is -0.326. The van der Waals surface area contributed by atoms with Crippen LogP contribution in [0.25, 0.3) is 0 Å². The van der Waals surface area contributed by atoms with E-state index in [1.165, 1.54) is 83.3 Å². The molecule has 1 spiro atoms. The summed E-state index contributed by atoms with van der Waals surface area (Å²) in [6.07, 6.45) is 18.6. The first-order chi connectivity index (χ1) is 50.2. The van der Waals surface area contributed by atoms with Crippen LogP contribution >= 0.6 is 0 Å². The molecule has 4 aromatic carbocycles. The number of carbonyl (C=O) groups is 4. The van der Waals surface area contributed by atoms with Gasteiger partial charge in [0.2, 0.25) is 0 Å². The Balaban J connectivity index is -0.00000127. The summed E-state index contributed by atoms with van der Waals surface area (Å²) in [5.74, 6) is 1.74. The molecule has 4 aliphatic carbocycles. The summed E-state index contributed by atoms with van der Waals surface area (Å²) in [6.45, 7) is 62.3. The number of amides is 4. The molecular weight excluding hydrogens is 1580 g/mol. The number of hydrogen-bond donors (Lipinski definition) is 4. The van der Waals surface area contributed by atoms with Crippen molar-refractivity contribution in [2.24, 2.45) is 45.3 Å². The van der Waals surface area contributed by atoms with Crippen LogP contribution in [0.5, 0.6) is 0 Å². The van der Waals surface area contributed by atoms with Gasteiger partial charge in [0, 0.05) is 210 Å². The minimum absolute atomic E-state index is 0. The van der Waals surface area contributed by atoms with Gasteiger partial charge in [0.1, 0.15) is 23.3 Å². The Kier molecular flexibility index (Phi) is 58.6. The molecule has 4 heterocycles. The van der Waals surface area contributed by atoms with Crippen molar-refractivity contribution in [1.82, 2.24) is 40.9 Å². The number of benzene rings is 4. The van der Waals surface area contributed by atoms with Crippen molar-refractivity contribution in [3.05, 3.63) is 182 Å². The molecule has 107 heavy (non-hydrogen) atoms. The molecule has 4 aliphatic heterocycles. The van der Waals surface area contributed by atoms with Crippen molar-refractivity contribution in [1.29, 1.82) is 0 Å². The second-order valence-electron chi connectivity index (χ2n) is 27.3. The van der Waals surface area contributed by atoms with Crippen LogP contribution in [-0.2, 0) is 124 Å². The maximum absolute atomic E-state index is 14.5. The van der Waals surface area contributed by atoms with Gasteiger partial charge in [-0.3, -0.25) is 38.8 Å². The fourth-order valence-electron chi connectivity index (χ4n) is 16.0. The van der Waals surface area contributed by atoms with Gasteiger partial charge >= 0.3 is 0 Å². The molecule has 3 radical (unpaired) electrons. The molecule has 0 atom stereocenters. The van der Waals surface area contributed by atoms with Gasteiger partial charge in [-0.15, -0.1) is 0 Å². The summed E-state index contributed by atoms with van der Waals surface area (Å²) in [6, 6.07) is 18.9. The van der Waals surface area contributed by atoms with Crippen molar-refractivity contribution >= 4 is 23.6 Å². The molecule has 601 valence electrons. The zero-order valence-electron chi connectivity index (χ0n) is 69.9. The maximum atomic E-state index is 14.5. The number of rotatable bonds is 18. The minimum Gasteiger partial charge on any atom is -0.355 e.